The van der Waals surface area contributed by atoms with E-state index in [0.717, 1.165) is 6.07 Å². The molecule has 4 N–H and O–H groups in total. The van der Waals surface area contributed by atoms with Crippen LogP contribution in [0.2, 0.25) is 5.02 Å². The minimum Gasteiger partial charge on any atom is -0.479 e. The summed E-state index contributed by atoms with van der Waals surface area (Å²) in [7, 11) is 6.41. The second-order valence-corrected chi connectivity index (χ2v) is 10.1. The van der Waals surface area contributed by atoms with Gasteiger partial charge in [0.05, 0.1) is 30.6 Å². The molecular weight excluding hydrogens is 567 g/mol. The highest BCUT2D eigenvalue weighted by atomic mass is 35.5. The summed E-state index contributed by atoms with van der Waals surface area (Å²) in [5, 5.41) is 34.1. The van der Waals surface area contributed by atoms with Crippen LogP contribution < -0.4 is 25.8 Å². The topological polar surface area (TPSA) is 169 Å². The Morgan fingerprint density at radius 2 is 2.00 bits per heavy atom. The van der Waals surface area contributed by atoms with Crippen molar-refractivity contribution in [2.24, 2.45) is 13.0 Å². The van der Waals surface area contributed by atoms with Crippen molar-refractivity contribution in [1.29, 1.82) is 10.7 Å². The van der Waals surface area contributed by atoms with Crippen LogP contribution in [0.1, 0.15) is 31.0 Å². The standard InChI is InChI=1S/C28H30ClFN8O4/c1-14(2)23(35-20-12-33-28(37(3)4)36-25(20)42-6)21(22(32)27(40)41)24(15-7-8-16(11-31)19(30)9-15)34-17-10-18(29)26(39)38(5)13-17/h7-10,12-14,24,32,34-35H,1-6H3,(H,40,41)/b23-21+,32-22?. The van der Waals surface area contributed by atoms with Crippen molar-refractivity contribution in [2.75, 3.05) is 36.7 Å². The van der Waals surface area contributed by atoms with E-state index in [0.29, 0.717) is 5.95 Å². The molecule has 0 amide bonds. The number of benzene rings is 1. The van der Waals surface area contributed by atoms with Crippen LogP contribution in [0.3, 0.4) is 0 Å². The van der Waals surface area contributed by atoms with Gasteiger partial charge in [0, 0.05) is 38.6 Å². The van der Waals surface area contributed by atoms with Crippen molar-refractivity contribution in [1.82, 2.24) is 14.5 Å². The highest BCUT2D eigenvalue weighted by molar-refractivity contribution is 6.41. The number of aliphatic carboxylic acids is 1. The number of hydrogen-bond donors (Lipinski definition) is 4. The summed E-state index contributed by atoms with van der Waals surface area (Å²) < 4.78 is 21.6. The van der Waals surface area contributed by atoms with Crippen LogP contribution in [0, 0.1) is 28.5 Å². The Balaban J connectivity index is 2.36. The Hall–Kier alpha value is -4.96. The summed E-state index contributed by atoms with van der Waals surface area (Å²) in [4.78, 5) is 34.9. The van der Waals surface area contributed by atoms with E-state index in [1.807, 2.05) is 0 Å². The first kappa shape index (κ1) is 31.6. The summed E-state index contributed by atoms with van der Waals surface area (Å²) >= 11 is 6.13. The maximum atomic E-state index is 14.9. The minimum atomic E-state index is -1.55. The fourth-order valence-corrected chi connectivity index (χ4v) is 4.32. The minimum absolute atomic E-state index is 0.0645. The molecule has 1 aromatic carbocycles. The van der Waals surface area contributed by atoms with E-state index in [2.05, 4.69) is 20.6 Å². The number of rotatable bonds is 11. The maximum absolute atomic E-state index is 14.9. The molecule has 0 saturated heterocycles. The molecule has 0 saturated carbocycles. The summed E-state index contributed by atoms with van der Waals surface area (Å²) in [6, 6.07) is 5.72. The number of methoxy groups -OCH3 is 1. The fraction of sp³-hybridized carbons (Fsp3) is 0.286. The van der Waals surface area contributed by atoms with Crippen LogP contribution in [0.5, 0.6) is 5.88 Å². The van der Waals surface area contributed by atoms with Crippen LogP contribution in [-0.4, -0.2) is 52.5 Å². The average molecular weight is 597 g/mol. The van der Waals surface area contributed by atoms with Gasteiger partial charge < -0.3 is 29.9 Å². The number of anilines is 3. The molecule has 220 valence electrons. The Bertz CT molecular complexity index is 1640. The highest BCUT2D eigenvalue weighted by Gasteiger charge is 2.31. The molecule has 0 fully saturated rings. The lowest BCUT2D eigenvalue weighted by Crippen LogP contribution is -2.29. The fourth-order valence-electron chi connectivity index (χ4n) is 4.07. The normalized spacial score (nSPS) is 12.2. The van der Waals surface area contributed by atoms with Crippen molar-refractivity contribution in [3.8, 4) is 11.9 Å². The number of hydrogen-bond acceptors (Lipinski definition) is 10. The maximum Gasteiger partial charge on any atom is 0.354 e. The van der Waals surface area contributed by atoms with Crippen LogP contribution in [0.25, 0.3) is 0 Å². The molecule has 0 spiro atoms. The number of carbonyl (C=O) groups is 1. The molecular formula is C28H30ClFN8O4. The number of nitrogens with zero attached hydrogens (tertiary/aromatic N) is 5. The largest absolute Gasteiger partial charge is 0.479 e. The van der Waals surface area contributed by atoms with Gasteiger partial charge in [-0.25, -0.2) is 14.2 Å². The molecule has 42 heavy (non-hydrogen) atoms. The molecule has 0 bridgehead atoms. The number of nitriles is 1. The number of pyridine rings is 1. The molecule has 14 heteroatoms. The number of carboxylic acid groups (broad SMARTS) is 1. The molecule has 2 aromatic heterocycles. The number of carboxylic acids is 1. The lowest BCUT2D eigenvalue weighted by atomic mass is 9.89. The van der Waals surface area contributed by atoms with E-state index in [1.165, 1.54) is 49.3 Å². The zero-order valence-corrected chi connectivity index (χ0v) is 24.5. The van der Waals surface area contributed by atoms with E-state index in [9.17, 15) is 24.3 Å². The third-order valence-electron chi connectivity index (χ3n) is 6.14. The van der Waals surface area contributed by atoms with Gasteiger partial charge in [0.25, 0.3) is 5.56 Å². The van der Waals surface area contributed by atoms with Crippen molar-refractivity contribution >= 4 is 40.6 Å². The number of ether oxygens (including phenoxy) is 1. The summed E-state index contributed by atoms with van der Waals surface area (Å²) in [6.07, 6.45) is 2.89. The number of nitrogens with one attached hydrogen (secondary N) is 3. The second kappa shape index (κ2) is 13.1. The van der Waals surface area contributed by atoms with Crippen molar-refractivity contribution in [3.05, 3.63) is 80.2 Å². The zero-order chi connectivity index (χ0) is 31.3. The molecule has 0 aliphatic carbocycles. The van der Waals surface area contributed by atoms with Gasteiger partial charge in [0.1, 0.15) is 28.3 Å². The van der Waals surface area contributed by atoms with Crippen LogP contribution >= 0.6 is 11.6 Å². The van der Waals surface area contributed by atoms with Crippen LogP contribution in [0.4, 0.5) is 21.7 Å². The van der Waals surface area contributed by atoms with Crippen LogP contribution in [0.15, 0.2) is 52.7 Å². The molecule has 2 heterocycles. The Kier molecular flexibility index (Phi) is 9.87. The summed E-state index contributed by atoms with van der Waals surface area (Å²) in [5.41, 5.74) is -0.505. The number of aryl methyl sites for hydroxylation is 1. The molecule has 1 unspecified atom stereocenters. The smallest absolute Gasteiger partial charge is 0.354 e. The molecule has 1 atom stereocenters. The van der Waals surface area contributed by atoms with E-state index >= 15 is 0 Å². The molecule has 3 aromatic rings. The molecule has 0 aliphatic rings. The van der Waals surface area contributed by atoms with Gasteiger partial charge in [0.15, 0.2) is 0 Å². The molecule has 12 nitrogen and oxygen atoms in total. The number of aromatic nitrogens is 3. The van der Waals surface area contributed by atoms with E-state index < -0.39 is 35.0 Å². The van der Waals surface area contributed by atoms with E-state index in [4.69, 9.17) is 21.7 Å². The third kappa shape index (κ3) is 6.84. The highest BCUT2D eigenvalue weighted by Crippen LogP contribution is 2.35. The van der Waals surface area contributed by atoms with Gasteiger partial charge >= 0.3 is 5.97 Å². The first-order valence-electron chi connectivity index (χ1n) is 12.5. The molecule has 0 aliphatic heterocycles. The second-order valence-electron chi connectivity index (χ2n) is 9.70. The first-order valence-corrected chi connectivity index (χ1v) is 12.9. The van der Waals surface area contributed by atoms with Crippen molar-refractivity contribution < 1.29 is 19.0 Å². The monoisotopic (exact) mass is 596 g/mol. The predicted octanol–water partition coefficient (Wildman–Crippen LogP) is 4.19. The van der Waals surface area contributed by atoms with Gasteiger partial charge in [-0.2, -0.15) is 10.2 Å². The molecule has 3 rings (SSSR count). The van der Waals surface area contributed by atoms with Gasteiger partial charge in [-0.15, -0.1) is 0 Å². The number of halogens is 2. The van der Waals surface area contributed by atoms with Crippen molar-refractivity contribution in [2.45, 2.75) is 19.9 Å². The molecule has 0 radical (unpaired) electrons. The van der Waals surface area contributed by atoms with Gasteiger partial charge in [0.2, 0.25) is 11.8 Å². The SMILES string of the molecule is COc1nc(N(C)C)ncc1N/C(=C(\C(=N)C(=O)O)C(Nc1cc(Cl)c(=O)n(C)c1)c1ccc(C#N)c(F)c1)C(C)C. The Morgan fingerprint density at radius 1 is 1.31 bits per heavy atom. The summed E-state index contributed by atoms with van der Waals surface area (Å²) in [5.74, 6) is -2.28. The van der Waals surface area contributed by atoms with Crippen molar-refractivity contribution in [3.63, 3.8) is 0 Å². The third-order valence-corrected chi connectivity index (χ3v) is 6.41. The number of allylic oxidation sites excluding steroid dienone is 1. The lowest BCUT2D eigenvalue weighted by Gasteiger charge is -2.28. The van der Waals surface area contributed by atoms with Gasteiger partial charge in [-0.05, 0) is 29.7 Å². The van der Waals surface area contributed by atoms with Gasteiger partial charge in [-0.3, -0.25) is 10.2 Å². The quantitative estimate of drug-likeness (QED) is 0.235. The predicted molar refractivity (Wildman–Crippen MR) is 158 cm³/mol. The zero-order valence-electron chi connectivity index (χ0n) is 23.8. The van der Waals surface area contributed by atoms with E-state index in [-0.39, 0.29) is 44.7 Å². The van der Waals surface area contributed by atoms with Crippen LogP contribution in [-0.2, 0) is 11.8 Å². The first-order chi connectivity index (χ1) is 19.8. The Morgan fingerprint density at radius 3 is 2.52 bits per heavy atom. The van der Waals surface area contributed by atoms with Gasteiger partial charge in [-0.1, -0.05) is 31.5 Å². The summed E-state index contributed by atoms with van der Waals surface area (Å²) in [6.45, 7) is 3.55. The van der Waals surface area contributed by atoms with E-state index in [1.54, 1.807) is 38.9 Å². The Labute approximate surface area is 246 Å². The lowest BCUT2D eigenvalue weighted by molar-refractivity contribution is -0.129. The average Bonchev–Trinajstić information content (AvgIpc) is 2.94.